The van der Waals surface area contributed by atoms with Crippen molar-refractivity contribution in [1.82, 2.24) is 4.90 Å². The van der Waals surface area contributed by atoms with E-state index < -0.39 is 0 Å². The van der Waals surface area contributed by atoms with Gasteiger partial charge in [-0.1, -0.05) is 24.1 Å². The fourth-order valence-corrected chi connectivity index (χ4v) is 3.11. The van der Waals surface area contributed by atoms with Crippen molar-refractivity contribution in [3.8, 4) is 0 Å². The lowest BCUT2D eigenvalue weighted by molar-refractivity contribution is -0.0000736. The highest BCUT2D eigenvalue weighted by Gasteiger charge is 2.26. The number of esters is 1. The monoisotopic (exact) mass is 324 g/mol. The molecule has 0 radical (unpaired) electrons. The maximum absolute atomic E-state index is 12.1. The Kier molecular flexibility index (Phi) is 7.37. The van der Waals surface area contributed by atoms with Crippen LogP contribution in [0.3, 0.4) is 0 Å². The Hall–Kier alpha value is -1.06. The minimum atomic E-state index is -0.222. The summed E-state index contributed by atoms with van der Waals surface area (Å²) < 4.78 is 5.60. The Bertz CT molecular complexity index is 464. The number of halogens is 1. The Morgan fingerprint density at radius 1 is 1.23 bits per heavy atom. The molecule has 0 saturated carbocycles. The summed E-state index contributed by atoms with van der Waals surface area (Å²) in [7, 11) is 0. The van der Waals surface area contributed by atoms with Crippen LogP contribution in [0.4, 0.5) is 0 Å². The molecule has 1 fully saturated rings. The number of carbonyl (C=O) groups excluding carboxylic acids is 1. The largest absolute Gasteiger partial charge is 1.00 e. The van der Waals surface area contributed by atoms with Crippen molar-refractivity contribution in [1.29, 1.82) is 0 Å². The Labute approximate surface area is 140 Å². The molecule has 0 aliphatic carbocycles. The van der Waals surface area contributed by atoms with Crippen molar-refractivity contribution in [2.45, 2.75) is 65.1 Å². The summed E-state index contributed by atoms with van der Waals surface area (Å²) in [5.41, 5.74) is 1.78. The molecule has 3 nitrogen and oxygen atoms in total. The summed E-state index contributed by atoms with van der Waals surface area (Å²) in [4.78, 5) is 14.6. The molecule has 0 aromatic heterocycles. The molecule has 22 heavy (non-hydrogen) atoms. The maximum Gasteiger partial charge on any atom is 0.338 e. The van der Waals surface area contributed by atoms with Crippen LogP contribution in [0, 0.1) is 6.92 Å². The molecule has 1 aromatic rings. The molecule has 1 saturated heterocycles. The number of carbonyl (C=O) groups is 1. The van der Waals surface area contributed by atoms with E-state index >= 15 is 0 Å². The van der Waals surface area contributed by atoms with E-state index in [1.165, 1.54) is 19.3 Å². The molecule has 0 bridgehead atoms. The second-order valence-electron chi connectivity index (χ2n) is 6.41. The maximum atomic E-state index is 12.1. The Morgan fingerprint density at radius 2 is 1.77 bits per heavy atom. The molecule has 1 aliphatic rings. The van der Waals surface area contributed by atoms with E-state index in [-0.39, 0.29) is 24.5 Å². The molecule has 3 atom stereocenters. The molecule has 1 aromatic carbocycles. The molecule has 124 valence electrons. The number of aryl methyl sites for hydroxylation is 1. The van der Waals surface area contributed by atoms with E-state index in [4.69, 9.17) is 4.74 Å². The number of rotatable bonds is 4. The molecule has 1 aliphatic heterocycles. The van der Waals surface area contributed by atoms with Gasteiger partial charge in [-0.25, -0.2) is 4.79 Å². The smallest absolute Gasteiger partial charge is 0.338 e. The molecule has 0 N–H and O–H groups in total. The van der Waals surface area contributed by atoms with Crippen LogP contribution in [0.25, 0.3) is 0 Å². The highest BCUT2D eigenvalue weighted by molar-refractivity contribution is 5.89. The van der Waals surface area contributed by atoms with Crippen molar-refractivity contribution in [2.24, 2.45) is 0 Å². The first-order chi connectivity index (χ1) is 9.97. The van der Waals surface area contributed by atoms with Crippen molar-refractivity contribution < 1.29 is 21.9 Å². The minimum Gasteiger partial charge on any atom is -1.00 e. The highest BCUT2D eigenvalue weighted by atomic mass is 35.5. The van der Waals surface area contributed by atoms with Gasteiger partial charge in [0.15, 0.2) is 0 Å². The van der Waals surface area contributed by atoms with E-state index in [0.717, 1.165) is 12.1 Å². The van der Waals surface area contributed by atoms with Crippen LogP contribution < -0.4 is 12.4 Å². The molecular formula is C18H27ClNO2-. The van der Waals surface area contributed by atoms with Crippen LogP contribution in [0.15, 0.2) is 24.3 Å². The van der Waals surface area contributed by atoms with E-state index in [0.29, 0.717) is 17.6 Å². The first kappa shape index (κ1) is 19.0. The number of likely N-dealkylation sites (tertiary alicyclic amines) is 1. The van der Waals surface area contributed by atoms with Gasteiger partial charge in [-0.15, -0.1) is 0 Å². The summed E-state index contributed by atoms with van der Waals surface area (Å²) in [5, 5.41) is 0. The molecule has 0 amide bonds. The van der Waals surface area contributed by atoms with Crippen molar-refractivity contribution in [3.63, 3.8) is 0 Å². The number of hydrogen-bond donors (Lipinski definition) is 0. The Balaban J connectivity index is 0.00000242. The zero-order chi connectivity index (χ0) is 15.4. The third kappa shape index (κ3) is 4.99. The lowest BCUT2D eigenvalue weighted by Gasteiger charge is -2.40. The van der Waals surface area contributed by atoms with Crippen molar-refractivity contribution in [2.75, 3.05) is 6.54 Å². The van der Waals surface area contributed by atoms with Gasteiger partial charge >= 0.3 is 5.97 Å². The molecule has 1 heterocycles. The summed E-state index contributed by atoms with van der Waals surface area (Å²) in [6, 6.07) is 8.70. The van der Waals surface area contributed by atoms with Crippen LogP contribution >= 0.6 is 0 Å². The summed E-state index contributed by atoms with van der Waals surface area (Å²) >= 11 is 0. The first-order valence-electron chi connectivity index (χ1n) is 8.00. The highest BCUT2D eigenvalue weighted by Crippen LogP contribution is 2.23. The van der Waals surface area contributed by atoms with E-state index in [1.807, 2.05) is 38.1 Å². The predicted molar refractivity (Wildman–Crippen MR) is 85.5 cm³/mol. The van der Waals surface area contributed by atoms with Crippen molar-refractivity contribution in [3.05, 3.63) is 35.4 Å². The number of nitrogens with zero attached hydrogens (tertiary/aromatic N) is 1. The quantitative estimate of drug-likeness (QED) is 0.768. The molecular weight excluding hydrogens is 298 g/mol. The lowest BCUT2D eigenvalue weighted by Crippen LogP contribution is -3.00. The van der Waals surface area contributed by atoms with Gasteiger partial charge in [0, 0.05) is 18.6 Å². The predicted octanol–water partition coefficient (Wildman–Crippen LogP) is 0.807. The second kappa shape index (κ2) is 8.54. The van der Waals surface area contributed by atoms with Gasteiger partial charge in [-0.3, -0.25) is 4.90 Å². The van der Waals surface area contributed by atoms with E-state index in [1.54, 1.807) is 0 Å². The zero-order valence-electron chi connectivity index (χ0n) is 14.0. The van der Waals surface area contributed by atoms with Gasteiger partial charge in [0.25, 0.3) is 0 Å². The average Bonchev–Trinajstić information content (AvgIpc) is 2.43. The van der Waals surface area contributed by atoms with Gasteiger partial charge in [0.2, 0.25) is 0 Å². The lowest BCUT2D eigenvalue weighted by atomic mass is 9.97. The van der Waals surface area contributed by atoms with Gasteiger partial charge in [0.1, 0.15) is 6.10 Å². The summed E-state index contributed by atoms with van der Waals surface area (Å²) in [6.07, 6.45) is 3.70. The average molecular weight is 325 g/mol. The third-order valence-corrected chi connectivity index (χ3v) is 4.44. The molecule has 2 rings (SSSR count). The minimum absolute atomic E-state index is 0. The van der Waals surface area contributed by atoms with Crippen LogP contribution in [-0.4, -0.2) is 35.6 Å². The van der Waals surface area contributed by atoms with Crippen LogP contribution in [0.2, 0.25) is 0 Å². The number of ether oxygens (including phenoxy) is 1. The van der Waals surface area contributed by atoms with E-state index in [9.17, 15) is 4.79 Å². The SMILES string of the molecule is Cc1ccc(C(=O)OC(C)CN2C(C)CCCC2C)cc1.[Cl-]. The van der Waals surface area contributed by atoms with Crippen LogP contribution in [0.1, 0.15) is 56.0 Å². The number of hydrogen-bond acceptors (Lipinski definition) is 3. The van der Waals surface area contributed by atoms with Crippen molar-refractivity contribution >= 4 is 5.97 Å². The summed E-state index contributed by atoms with van der Waals surface area (Å²) in [6.45, 7) is 9.35. The topological polar surface area (TPSA) is 29.5 Å². The van der Waals surface area contributed by atoms with Gasteiger partial charge < -0.3 is 17.1 Å². The summed E-state index contributed by atoms with van der Waals surface area (Å²) in [5.74, 6) is -0.222. The number of piperidine rings is 1. The fourth-order valence-electron chi connectivity index (χ4n) is 3.11. The normalized spacial score (nSPS) is 23.5. The second-order valence-corrected chi connectivity index (χ2v) is 6.41. The van der Waals surface area contributed by atoms with Gasteiger partial charge in [0.05, 0.1) is 5.56 Å². The molecule has 0 spiro atoms. The van der Waals surface area contributed by atoms with E-state index in [2.05, 4.69) is 18.7 Å². The van der Waals surface area contributed by atoms with Crippen LogP contribution in [0.5, 0.6) is 0 Å². The van der Waals surface area contributed by atoms with Gasteiger partial charge in [-0.05, 0) is 52.7 Å². The third-order valence-electron chi connectivity index (χ3n) is 4.44. The first-order valence-corrected chi connectivity index (χ1v) is 8.00. The van der Waals surface area contributed by atoms with Crippen LogP contribution in [-0.2, 0) is 4.74 Å². The molecule has 4 heteroatoms. The number of benzene rings is 1. The fraction of sp³-hybridized carbons (Fsp3) is 0.611. The molecule has 3 unspecified atom stereocenters. The van der Waals surface area contributed by atoms with Gasteiger partial charge in [-0.2, -0.15) is 0 Å². The zero-order valence-corrected chi connectivity index (χ0v) is 14.8. The standard InChI is InChI=1S/C18H27NO2.ClH/c1-13-8-10-17(11-9-13)18(20)21-16(4)12-19-14(2)6-5-7-15(19)3;/h8-11,14-16H,5-7,12H2,1-4H3;1H/p-1. The Morgan fingerprint density at radius 3 is 2.32 bits per heavy atom.